The van der Waals surface area contributed by atoms with Gasteiger partial charge in [0.1, 0.15) is 0 Å². The maximum Gasteiger partial charge on any atom is 0.159 e. The molecule has 62 valence electrons. The molecule has 1 aliphatic rings. The van der Waals surface area contributed by atoms with E-state index in [1.165, 1.54) is 11.1 Å². The van der Waals surface area contributed by atoms with Crippen LogP contribution >= 0.6 is 0 Å². The SMILES string of the molecule is CC(=O)c1ccc2c(c1)CNC2. The molecule has 0 saturated heterocycles. The van der Waals surface area contributed by atoms with Crippen molar-refractivity contribution in [2.45, 2.75) is 20.0 Å². The third kappa shape index (κ3) is 1.14. The number of benzene rings is 1. The largest absolute Gasteiger partial charge is 0.309 e. The van der Waals surface area contributed by atoms with Crippen LogP contribution in [0, 0.1) is 0 Å². The first-order valence-corrected chi connectivity index (χ1v) is 4.11. The van der Waals surface area contributed by atoms with Crippen LogP contribution in [0.15, 0.2) is 18.2 Å². The molecule has 0 unspecified atom stereocenters. The minimum atomic E-state index is 0.143. The predicted molar refractivity (Wildman–Crippen MR) is 47.0 cm³/mol. The maximum absolute atomic E-state index is 11.0. The van der Waals surface area contributed by atoms with Crippen molar-refractivity contribution < 1.29 is 4.79 Å². The second kappa shape index (κ2) is 2.72. The van der Waals surface area contributed by atoms with Crippen LogP contribution in [-0.2, 0) is 13.1 Å². The highest BCUT2D eigenvalue weighted by Crippen LogP contribution is 2.16. The minimum Gasteiger partial charge on any atom is -0.309 e. The Kier molecular flexibility index (Phi) is 1.70. The van der Waals surface area contributed by atoms with Gasteiger partial charge in [0.05, 0.1) is 0 Å². The number of hydrogen-bond acceptors (Lipinski definition) is 2. The summed E-state index contributed by atoms with van der Waals surface area (Å²) in [6, 6.07) is 5.91. The molecule has 0 radical (unpaired) electrons. The van der Waals surface area contributed by atoms with Crippen LogP contribution in [0.2, 0.25) is 0 Å². The average Bonchev–Trinajstić information content (AvgIpc) is 2.49. The first-order valence-electron chi connectivity index (χ1n) is 4.11. The van der Waals surface area contributed by atoms with Crippen molar-refractivity contribution in [2.75, 3.05) is 0 Å². The third-order valence-electron chi connectivity index (χ3n) is 2.24. The number of nitrogens with one attached hydrogen (secondary N) is 1. The van der Waals surface area contributed by atoms with E-state index in [4.69, 9.17) is 0 Å². The summed E-state index contributed by atoms with van der Waals surface area (Å²) in [5, 5.41) is 3.24. The fourth-order valence-corrected chi connectivity index (χ4v) is 1.51. The van der Waals surface area contributed by atoms with Crippen molar-refractivity contribution in [2.24, 2.45) is 0 Å². The molecule has 1 N–H and O–H groups in total. The molecule has 1 aliphatic heterocycles. The molecular formula is C10H11NO. The number of carbonyl (C=O) groups is 1. The fraction of sp³-hybridized carbons (Fsp3) is 0.300. The summed E-state index contributed by atoms with van der Waals surface area (Å²) in [7, 11) is 0. The molecule has 2 rings (SSSR count). The Morgan fingerprint density at radius 1 is 1.33 bits per heavy atom. The van der Waals surface area contributed by atoms with Gasteiger partial charge in [-0.05, 0) is 24.1 Å². The van der Waals surface area contributed by atoms with Crippen LogP contribution in [-0.4, -0.2) is 5.78 Å². The molecule has 1 aromatic carbocycles. The second-order valence-corrected chi connectivity index (χ2v) is 3.14. The zero-order chi connectivity index (χ0) is 8.55. The number of Topliss-reactive ketones (excluding diaryl/α,β-unsaturated/α-hetero) is 1. The van der Waals surface area contributed by atoms with E-state index in [-0.39, 0.29) is 5.78 Å². The molecule has 1 heterocycles. The number of rotatable bonds is 1. The second-order valence-electron chi connectivity index (χ2n) is 3.14. The molecule has 0 saturated carbocycles. The van der Waals surface area contributed by atoms with Gasteiger partial charge in [-0.3, -0.25) is 4.79 Å². The molecule has 0 spiro atoms. The van der Waals surface area contributed by atoms with Crippen LogP contribution in [0.25, 0.3) is 0 Å². The van der Waals surface area contributed by atoms with Gasteiger partial charge in [-0.2, -0.15) is 0 Å². The van der Waals surface area contributed by atoms with Gasteiger partial charge in [0.25, 0.3) is 0 Å². The summed E-state index contributed by atoms with van der Waals surface area (Å²) < 4.78 is 0. The summed E-state index contributed by atoms with van der Waals surface area (Å²) >= 11 is 0. The number of carbonyl (C=O) groups excluding carboxylic acids is 1. The molecule has 0 bridgehead atoms. The summed E-state index contributed by atoms with van der Waals surface area (Å²) in [4.78, 5) is 11.0. The van der Waals surface area contributed by atoms with Crippen LogP contribution in [0.1, 0.15) is 28.4 Å². The van der Waals surface area contributed by atoms with Gasteiger partial charge in [0.15, 0.2) is 5.78 Å². The Balaban J connectivity index is 2.45. The predicted octanol–water partition coefficient (Wildman–Crippen LogP) is 1.49. The zero-order valence-corrected chi connectivity index (χ0v) is 7.05. The van der Waals surface area contributed by atoms with E-state index in [1.54, 1.807) is 6.92 Å². The lowest BCUT2D eigenvalue weighted by atomic mass is 10.0. The van der Waals surface area contributed by atoms with Crippen LogP contribution in [0.3, 0.4) is 0 Å². The van der Waals surface area contributed by atoms with E-state index in [9.17, 15) is 4.79 Å². The quantitative estimate of drug-likeness (QED) is 0.632. The van der Waals surface area contributed by atoms with E-state index in [0.717, 1.165) is 18.7 Å². The lowest BCUT2D eigenvalue weighted by molar-refractivity contribution is 0.101. The van der Waals surface area contributed by atoms with Crippen molar-refractivity contribution in [3.05, 3.63) is 34.9 Å². The lowest BCUT2D eigenvalue weighted by Crippen LogP contribution is -2.00. The van der Waals surface area contributed by atoms with Crippen LogP contribution in [0.5, 0.6) is 0 Å². The van der Waals surface area contributed by atoms with E-state index < -0.39 is 0 Å². The number of fused-ring (bicyclic) bond motifs is 1. The lowest BCUT2D eigenvalue weighted by Gasteiger charge is -1.99. The Hall–Kier alpha value is -1.15. The van der Waals surface area contributed by atoms with Crippen molar-refractivity contribution in [3.63, 3.8) is 0 Å². The molecule has 0 aliphatic carbocycles. The summed E-state index contributed by atoms with van der Waals surface area (Å²) in [6.07, 6.45) is 0. The Morgan fingerprint density at radius 3 is 2.83 bits per heavy atom. The molecule has 2 heteroatoms. The Bertz CT molecular complexity index is 331. The number of hydrogen-bond donors (Lipinski definition) is 1. The van der Waals surface area contributed by atoms with Gasteiger partial charge in [0, 0.05) is 18.7 Å². The molecule has 12 heavy (non-hydrogen) atoms. The maximum atomic E-state index is 11.0. The van der Waals surface area contributed by atoms with Crippen molar-refractivity contribution in [1.82, 2.24) is 5.32 Å². The molecule has 0 fully saturated rings. The summed E-state index contributed by atoms with van der Waals surface area (Å²) in [6.45, 7) is 3.44. The van der Waals surface area contributed by atoms with Crippen molar-refractivity contribution in [1.29, 1.82) is 0 Å². The topological polar surface area (TPSA) is 29.1 Å². The van der Waals surface area contributed by atoms with Crippen LogP contribution < -0.4 is 5.32 Å². The van der Waals surface area contributed by atoms with Crippen molar-refractivity contribution >= 4 is 5.78 Å². The van der Waals surface area contributed by atoms with Gasteiger partial charge < -0.3 is 5.32 Å². The minimum absolute atomic E-state index is 0.143. The normalized spacial score (nSPS) is 14.4. The van der Waals surface area contributed by atoms with E-state index in [1.807, 2.05) is 18.2 Å². The molecule has 1 aromatic rings. The molecule has 0 atom stereocenters. The van der Waals surface area contributed by atoms with E-state index >= 15 is 0 Å². The molecular weight excluding hydrogens is 150 g/mol. The Morgan fingerprint density at radius 2 is 2.08 bits per heavy atom. The van der Waals surface area contributed by atoms with Gasteiger partial charge in [0.2, 0.25) is 0 Å². The first kappa shape index (κ1) is 7.50. The zero-order valence-electron chi connectivity index (χ0n) is 7.05. The highest BCUT2D eigenvalue weighted by Gasteiger charge is 2.10. The standard InChI is InChI=1S/C10H11NO/c1-7(12)8-2-3-9-5-11-6-10(9)4-8/h2-4,11H,5-6H2,1H3. The van der Waals surface area contributed by atoms with Gasteiger partial charge in [-0.25, -0.2) is 0 Å². The highest BCUT2D eigenvalue weighted by molar-refractivity contribution is 5.94. The Labute approximate surface area is 71.6 Å². The molecule has 0 amide bonds. The van der Waals surface area contributed by atoms with E-state index in [0.29, 0.717) is 0 Å². The van der Waals surface area contributed by atoms with E-state index in [2.05, 4.69) is 5.32 Å². The van der Waals surface area contributed by atoms with Crippen LogP contribution in [0.4, 0.5) is 0 Å². The molecule has 0 aromatic heterocycles. The summed E-state index contributed by atoms with van der Waals surface area (Å²) in [5.74, 6) is 0.143. The fourth-order valence-electron chi connectivity index (χ4n) is 1.51. The van der Waals surface area contributed by atoms with Gasteiger partial charge in [-0.1, -0.05) is 12.1 Å². The highest BCUT2D eigenvalue weighted by atomic mass is 16.1. The monoisotopic (exact) mass is 161 g/mol. The first-order chi connectivity index (χ1) is 5.77. The third-order valence-corrected chi connectivity index (χ3v) is 2.24. The number of ketones is 1. The smallest absolute Gasteiger partial charge is 0.159 e. The summed E-state index contributed by atoms with van der Waals surface area (Å²) in [5.41, 5.74) is 3.40. The van der Waals surface area contributed by atoms with Crippen molar-refractivity contribution in [3.8, 4) is 0 Å². The average molecular weight is 161 g/mol. The molecule has 2 nitrogen and oxygen atoms in total. The van der Waals surface area contributed by atoms with Gasteiger partial charge in [-0.15, -0.1) is 0 Å². The van der Waals surface area contributed by atoms with Gasteiger partial charge >= 0.3 is 0 Å².